The van der Waals surface area contributed by atoms with Gasteiger partial charge in [0.2, 0.25) is 5.78 Å². The smallest absolute Gasteiger partial charge is 0.462 e. The van der Waals surface area contributed by atoms with E-state index in [-0.39, 0.29) is 52.1 Å². The Morgan fingerprint density at radius 2 is 1.06 bits per heavy atom. The molecule has 5 aliphatic carbocycles. The number of carbonyl (C=O) groups excluding carboxylic acids is 2. The van der Waals surface area contributed by atoms with Crippen molar-refractivity contribution in [2.24, 2.45) is 0 Å². The molecule has 0 heterocycles. The number of hydrogen-bond donors (Lipinski definition) is 0. The summed E-state index contributed by atoms with van der Waals surface area (Å²) in [7, 11) is 0. The minimum atomic E-state index is -0.554. The second-order valence-electron chi connectivity index (χ2n) is 6.98. The number of ketones is 1. The molecule has 0 saturated heterocycles. The van der Waals surface area contributed by atoms with Gasteiger partial charge in [0.25, 0.3) is 0 Å². The van der Waals surface area contributed by atoms with Gasteiger partial charge in [-0.1, -0.05) is 0 Å². The van der Waals surface area contributed by atoms with Gasteiger partial charge < -0.3 is 4.74 Å². The summed E-state index contributed by atoms with van der Waals surface area (Å²) in [6.45, 7) is 1.98. The minimum Gasteiger partial charge on any atom is -0.462 e. The quantitative estimate of drug-likeness (QED) is 0.270. The molecule has 6 heteroatoms. The largest absolute Gasteiger partial charge is 2.00 e. The van der Waals surface area contributed by atoms with Crippen molar-refractivity contribution in [3.8, 4) is 0 Å². The van der Waals surface area contributed by atoms with Crippen molar-refractivity contribution in [2.75, 3.05) is 12.9 Å². The van der Waals surface area contributed by atoms with E-state index in [1.807, 2.05) is 122 Å². The number of thioether (sulfide) groups is 1. The van der Waals surface area contributed by atoms with Gasteiger partial charge in [0.05, 0.1) is 11.5 Å². The van der Waals surface area contributed by atoms with Crippen LogP contribution in [0, 0.1) is 127 Å². The van der Waals surface area contributed by atoms with Crippen molar-refractivity contribution in [2.45, 2.75) is 6.92 Å². The molecular weight excluding hydrogens is 540 g/mol. The van der Waals surface area contributed by atoms with Crippen LogP contribution in [-0.2, 0) is 48.5 Å². The number of ether oxygens (including phenoxy) is 1. The van der Waals surface area contributed by atoms with E-state index in [9.17, 15) is 9.59 Å². The molecule has 0 aromatic rings. The molecule has 5 aliphatic rings. The molecule has 5 rings (SSSR count). The van der Waals surface area contributed by atoms with Gasteiger partial charge in [-0.05, 0) is 140 Å². The Hall–Kier alpha value is 0.00896. The van der Waals surface area contributed by atoms with Gasteiger partial charge >= 0.3 is 40.1 Å². The molecule has 0 N–H and O–H groups in total. The van der Waals surface area contributed by atoms with E-state index in [0.717, 1.165) is 17.4 Å². The molecule has 0 unspecified atom stereocenters. The molecule has 0 atom stereocenters. The fourth-order valence-electron chi connectivity index (χ4n) is 3.46. The van der Waals surface area contributed by atoms with Crippen LogP contribution in [0.5, 0.6) is 0 Å². The van der Waals surface area contributed by atoms with Crippen molar-refractivity contribution >= 4 is 23.5 Å². The van der Waals surface area contributed by atoms with Crippen LogP contribution in [0.15, 0.2) is 21.6 Å². The predicted molar refractivity (Wildman–Crippen MR) is 133 cm³/mol. The van der Waals surface area contributed by atoms with E-state index < -0.39 is 5.97 Å². The SMILES string of the molecule is CCOC(=O)C1=C([C]2[CH][CH][CH][CH]2)C([C]2[CH][CH][CH][CH]2)=C(SC)C1=O.[CH]1[CH][CH][CH][CH]1.[CH]1[CH][CH][CH][CH]1.[Fe+2].[Fe+2]. The fourth-order valence-corrected chi connectivity index (χ4v) is 4.17. The molecule has 4 saturated carbocycles. The molecule has 178 valence electrons. The van der Waals surface area contributed by atoms with Crippen LogP contribution in [0.1, 0.15) is 6.92 Å². The number of esters is 1. The van der Waals surface area contributed by atoms with E-state index in [0.29, 0.717) is 10.5 Å². The first kappa shape index (κ1) is 33.0. The monoisotopic (exact) mass is 566 g/mol. The van der Waals surface area contributed by atoms with E-state index in [2.05, 4.69) is 0 Å². The second-order valence-corrected chi connectivity index (χ2v) is 7.80. The molecule has 0 aromatic carbocycles. The maximum Gasteiger partial charge on any atom is 2.00 e. The predicted octanol–water partition coefficient (Wildman–Crippen LogP) is 4.89. The third-order valence-corrected chi connectivity index (χ3v) is 5.66. The van der Waals surface area contributed by atoms with Crippen LogP contribution in [-0.4, -0.2) is 24.6 Å². The van der Waals surface area contributed by atoms with Gasteiger partial charge in [-0.15, -0.1) is 11.8 Å². The standard InChI is InChI=1S/C19H16O3S.2C5H5.2Fe/c1-3-22-19(21)16-14(12-8-4-5-9-12)15(13-10-6-7-11-13)18(23-2)17(16)20;2*1-2-4-5-3-1;;/h4-11H,3H2,1-2H3;2*1-5H;;/q;;;2*+2. The number of carbonyl (C=O) groups is 2. The van der Waals surface area contributed by atoms with Crippen LogP contribution in [0.3, 0.4) is 0 Å². The van der Waals surface area contributed by atoms with Crippen LogP contribution >= 0.6 is 11.8 Å². The third-order valence-electron chi connectivity index (χ3n) is 4.86. The van der Waals surface area contributed by atoms with Crippen LogP contribution < -0.4 is 0 Å². The third kappa shape index (κ3) is 9.36. The minimum absolute atomic E-state index is 0. The summed E-state index contributed by atoms with van der Waals surface area (Å²) in [6, 6.07) is 0. The number of Topliss-reactive ketones (excluding diaryl/α,β-unsaturated/α-hetero) is 1. The Labute approximate surface area is 239 Å². The van der Waals surface area contributed by atoms with Gasteiger partial charge in [0, 0.05) is 11.8 Å². The maximum atomic E-state index is 12.8. The molecule has 4 fully saturated rings. The summed E-state index contributed by atoms with van der Waals surface area (Å²) >= 11 is 1.37. The van der Waals surface area contributed by atoms with E-state index >= 15 is 0 Å². The molecule has 0 aliphatic heterocycles. The van der Waals surface area contributed by atoms with Gasteiger partial charge in [-0.25, -0.2) is 4.79 Å². The Morgan fingerprint density at radius 3 is 1.40 bits per heavy atom. The van der Waals surface area contributed by atoms with Crippen molar-refractivity contribution < 1.29 is 48.5 Å². The topological polar surface area (TPSA) is 43.4 Å². The van der Waals surface area contributed by atoms with Crippen molar-refractivity contribution in [3.05, 3.63) is 149 Å². The Balaban J connectivity index is 0.000000423. The molecule has 3 nitrogen and oxygen atoms in total. The van der Waals surface area contributed by atoms with E-state index in [4.69, 9.17) is 4.74 Å². The summed E-state index contributed by atoms with van der Waals surface area (Å²) in [4.78, 5) is 25.8. The summed E-state index contributed by atoms with van der Waals surface area (Å²) < 4.78 is 5.13. The van der Waals surface area contributed by atoms with Gasteiger partial charge in [-0.2, -0.15) is 0 Å². The molecular formula is C29H26Fe2O3S+4. The molecule has 0 aromatic heterocycles. The van der Waals surface area contributed by atoms with Crippen molar-refractivity contribution in [1.29, 1.82) is 0 Å². The van der Waals surface area contributed by atoms with Crippen molar-refractivity contribution in [1.82, 2.24) is 0 Å². The average Bonchev–Trinajstić information content (AvgIpc) is 3.66. The zero-order chi connectivity index (χ0) is 23.5. The zero-order valence-electron chi connectivity index (χ0n) is 19.4. The van der Waals surface area contributed by atoms with Crippen LogP contribution in [0.2, 0.25) is 0 Å². The number of rotatable bonds is 5. The van der Waals surface area contributed by atoms with Gasteiger partial charge in [0.15, 0.2) is 0 Å². The van der Waals surface area contributed by atoms with E-state index in [1.165, 1.54) is 11.8 Å². The van der Waals surface area contributed by atoms with Crippen LogP contribution in [0.4, 0.5) is 0 Å². The van der Waals surface area contributed by atoms with Crippen LogP contribution in [0.25, 0.3) is 0 Å². The molecule has 35 heavy (non-hydrogen) atoms. The molecule has 0 amide bonds. The number of hydrogen-bond acceptors (Lipinski definition) is 4. The first-order chi connectivity index (χ1) is 16.2. The molecule has 0 bridgehead atoms. The second kappa shape index (κ2) is 18.3. The van der Waals surface area contributed by atoms with E-state index in [1.54, 1.807) is 6.92 Å². The average molecular weight is 566 g/mol. The zero-order valence-corrected chi connectivity index (χ0v) is 22.5. The molecule has 0 spiro atoms. The summed E-state index contributed by atoms with van der Waals surface area (Å²) in [5.41, 5.74) is 1.63. The Kier molecular flexibility index (Phi) is 17.3. The Bertz CT molecular complexity index is 686. The van der Waals surface area contributed by atoms with Crippen molar-refractivity contribution in [3.63, 3.8) is 0 Å². The summed E-state index contributed by atoms with van der Waals surface area (Å²) in [5, 5.41) is 0. The first-order valence-corrected chi connectivity index (χ1v) is 11.9. The summed E-state index contributed by atoms with van der Waals surface area (Å²) in [6.07, 6.45) is 37.2. The maximum absolute atomic E-state index is 12.8. The van der Waals surface area contributed by atoms with Gasteiger partial charge in [0.1, 0.15) is 5.57 Å². The summed E-state index contributed by atoms with van der Waals surface area (Å²) in [5.74, 6) is 1.00. The number of allylic oxidation sites excluding steroid dienone is 3. The molecule has 20 radical (unpaired) electrons. The first-order valence-electron chi connectivity index (χ1n) is 10.7. The Morgan fingerprint density at radius 1 is 0.686 bits per heavy atom. The normalized spacial score (nSPS) is 22.3. The fraction of sp³-hybridized carbons (Fsp3) is 0.103. The van der Waals surface area contributed by atoms with Gasteiger partial charge in [-0.3, -0.25) is 4.79 Å².